The van der Waals surface area contributed by atoms with Gasteiger partial charge in [0.1, 0.15) is 11.4 Å². The van der Waals surface area contributed by atoms with Gasteiger partial charge in [0, 0.05) is 11.8 Å². The van der Waals surface area contributed by atoms with Crippen LogP contribution in [-0.4, -0.2) is 29.1 Å². The second kappa shape index (κ2) is 9.81. The van der Waals surface area contributed by atoms with E-state index in [1.165, 1.54) is 18.2 Å². The molecule has 0 aliphatic carbocycles. The first kappa shape index (κ1) is 20.6. The Hall–Kier alpha value is -3.75. The van der Waals surface area contributed by atoms with Gasteiger partial charge >= 0.3 is 0 Å². The summed E-state index contributed by atoms with van der Waals surface area (Å²) in [5, 5.41) is 17.3. The van der Waals surface area contributed by atoms with Gasteiger partial charge in [-0.25, -0.2) is 5.43 Å². The summed E-state index contributed by atoms with van der Waals surface area (Å²) in [4.78, 5) is 34.2. The molecule has 0 aliphatic rings. The molecule has 0 heterocycles. The smallest absolute Gasteiger partial charge is 0.292 e. The SMILES string of the molecule is C/C(CC(=O)Nc1ccccc1[N+](=O)[O-])=N\NC(=O)COc1ccccc1C. The Labute approximate surface area is 161 Å². The summed E-state index contributed by atoms with van der Waals surface area (Å²) in [5.74, 6) is -0.357. The molecule has 2 rings (SSSR count). The zero-order chi connectivity index (χ0) is 20.5. The van der Waals surface area contributed by atoms with E-state index in [4.69, 9.17) is 4.74 Å². The third-order valence-electron chi connectivity index (χ3n) is 3.62. The monoisotopic (exact) mass is 384 g/mol. The minimum absolute atomic E-state index is 0.0981. The molecule has 0 saturated heterocycles. The second-order valence-corrected chi connectivity index (χ2v) is 5.94. The van der Waals surface area contributed by atoms with E-state index in [9.17, 15) is 19.7 Å². The lowest BCUT2D eigenvalue weighted by Gasteiger charge is -2.08. The van der Waals surface area contributed by atoms with E-state index in [0.29, 0.717) is 11.5 Å². The number of benzene rings is 2. The van der Waals surface area contributed by atoms with E-state index in [1.807, 2.05) is 19.1 Å². The summed E-state index contributed by atoms with van der Waals surface area (Å²) in [7, 11) is 0. The first-order valence-corrected chi connectivity index (χ1v) is 8.40. The highest BCUT2D eigenvalue weighted by molar-refractivity contribution is 6.06. The van der Waals surface area contributed by atoms with E-state index >= 15 is 0 Å². The molecule has 9 heteroatoms. The summed E-state index contributed by atoms with van der Waals surface area (Å²) in [6.45, 7) is 3.21. The average molecular weight is 384 g/mol. The Morgan fingerprint density at radius 2 is 1.79 bits per heavy atom. The van der Waals surface area contributed by atoms with Gasteiger partial charge < -0.3 is 10.1 Å². The van der Waals surface area contributed by atoms with Crippen LogP contribution in [0.3, 0.4) is 0 Å². The maximum Gasteiger partial charge on any atom is 0.292 e. The van der Waals surface area contributed by atoms with Crippen LogP contribution in [0.25, 0.3) is 0 Å². The molecule has 0 radical (unpaired) electrons. The third kappa shape index (κ3) is 6.20. The Morgan fingerprint density at radius 1 is 1.11 bits per heavy atom. The average Bonchev–Trinajstić information content (AvgIpc) is 2.66. The van der Waals surface area contributed by atoms with Crippen LogP contribution < -0.4 is 15.5 Å². The number of hydrogen-bond acceptors (Lipinski definition) is 6. The highest BCUT2D eigenvalue weighted by Crippen LogP contribution is 2.23. The third-order valence-corrected chi connectivity index (χ3v) is 3.62. The maximum atomic E-state index is 12.0. The molecule has 0 spiro atoms. The fourth-order valence-corrected chi connectivity index (χ4v) is 2.26. The number of anilines is 1. The Kier molecular flexibility index (Phi) is 7.21. The van der Waals surface area contributed by atoms with Crippen LogP contribution in [-0.2, 0) is 9.59 Å². The summed E-state index contributed by atoms with van der Waals surface area (Å²) in [5.41, 5.74) is 3.44. The van der Waals surface area contributed by atoms with Crippen molar-refractivity contribution < 1.29 is 19.2 Å². The van der Waals surface area contributed by atoms with Crippen molar-refractivity contribution in [2.45, 2.75) is 20.3 Å². The Morgan fingerprint density at radius 3 is 2.50 bits per heavy atom. The van der Waals surface area contributed by atoms with Gasteiger partial charge in [0.25, 0.3) is 11.6 Å². The van der Waals surface area contributed by atoms with Crippen LogP contribution in [0.1, 0.15) is 18.9 Å². The summed E-state index contributed by atoms with van der Waals surface area (Å²) in [6, 6.07) is 13.1. The number of nitro groups is 1. The molecule has 146 valence electrons. The molecule has 0 saturated carbocycles. The van der Waals surface area contributed by atoms with Gasteiger partial charge in [-0.2, -0.15) is 5.10 Å². The van der Waals surface area contributed by atoms with Crippen molar-refractivity contribution in [3.8, 4) is 5.75 Å². The molecular formula is C19H20N4O5. The van der Waals surface area contributed by atoms with Crippen molar-refractivity contribution in [3.05, 3.63) is 64.2 Å². The lowest BCUT2D eigenvalue weighted by Crippen LogP contribution is -2.26. The van der Waals surface area contributed by atoms with E-state index in [-0.39, 0.29) is 24.4 Å². The van der Waals surface area contributed by atoms with Crippen LogP contribution in [0.5, 0.6) is 5.75 Å². The number of carbonyl (C=O) groups is 2. The zero-order valence-corrected chi connectivity index (χ0v) is 15.5. The predicted molar refractivity (Wildman–Crippen MR) is 104 cm³/mol. The van der Waals surface area contributed by atoms with Gasteiger partial charge in [0.15, 0.2) is 6.61 Å². The van der Waals surface area contributed by atoms with Crippen LogP contribution in [0.2, 0.25) is 0 Å². The van der Waals surface area contributed by atoms with Crippen molar-refractivity contribution in [1.82, 2.24) is 5.43 Å². The van der Waals surface area contributed by atoms with Crippen molar-refractivity contribution in [2.75, 3.05) is 11.9 Å². The highest BCUT2D eigenvalue weighted by Gasteiger charge is 2.15. The van der Waals surface area contributed by atoms with Crippen molar-refractivity contribution in [3.63, 3.8) is 0 Å². The lowest BCUT2D eigenvalue weighted by atomic mass is 10.2. The lowest BCUT2D eigenvalue weighted by molar-refractivity contribution is -0.383. The van der Waals surface area contributed by atoms with Crippen LogP contribution in [0.15, 0.2) is 53.6 Å². The normalized spacial score (nSPS) is 10.9. The zero-order valence-electron chi connectivity index (χ0n) is 15.5. The molecule has 0 aliphatic heterocycles. The number of hydrazone groups is 1. The molecule has 2 N–H and O–H groups in total. The van der Waals surface area contributed by atoms with Crippen molar-refractivity contribution in [1.29, 1.82) is 0 Å². The van der Waals surface area contributed by atoms with Crippen molar-refractivity contribution in [2.24, 2.45) is 5.10 Å². The Balaban J connectivity index is 1.83. The predicted octanol–water partition coefficient (Wildman–Crippen LogP) is 2.80. The van der Waals surface area contributed by atoms with Gasteiger partial charge in [-0.3, -0.25) is 19.7 Å². The first-order valence-electron chi connectivity index (χ1n) is 8.40. The molecule has 0 atom stereocenters. The molecule has 0 aromatic heterocycles. The number of amides is 2. The molecule has 9 nitrogen and oxygen atoms in total. The molecule has 0 bridgehead atoms. The van der Waals surface area contributed by atoms with Crippen LogP contribution >= 0.6 is 0 Å². The standard InChI is InChI=1S/C19H20N4O5/c1-13-7-3-6-10-17(13)28-12-19(25)22-21-14(2)11-18(24)20-15-8-4-5-9-16(15)23(26)27/h3-10H,11-12H2,1-2H3,(H,20,24)(H,22,25)/b21-14+. The number of nitrogens with one attached hydrogen (secondary N) is 2. The molecular weight excluding hydrogens is 364 g/mol. The molecule has 28 heavy (non-hydrogen) atoms. The second-order valence-electron chi connectivity index (χ2n) is 5.94. The highest BCUT2D eigenvalue weighted by atomic mass is 16.6. The number of aryl methyl sites for hydroxylation is 1. The quantitative estimate of drug-likeness (QED) is 0.411. The van der Waals surface area contributed by atoms with Gasteiger partial charge in [0.2, 0.25) is 5.91 Å². The molecule has 2 aromatic carbocycles. The van der Waals surface area contributed by atoms with E-state index in [2.05, 4.69) is 15.8 Å². The topological polar surface area (TPSA) is 123 Å². The van der Waals surface area contributed by atoms with E-state index in [1.54, 1.807) is 25.1 Å². The van der Waals surface area contributed by atoms with E-state index < -0.39 is 16.7 Å². The van der Waals surface area contributed by atoms with Crippen LogP contribution in [0, 0.1) is 17.0 Å². The number of nitrogens with zero attached hydrogens (tertiary/aromatic N) is 2. The van der Waals surface area contributed by atoms with Crippen molar-refractivity contribution >= 4 is 28.9 Å². The molecule has 2 amide bonds. The summed E-state index contributed by atoms with van der Waals surface area (Å²) in [6.07, 6.45) is -0.134. The number of nitro benzene ring substituents is 1. The molecule has 2 aromatic rings. The number of carbonyl (C=O) groups excluding carboxylic acids is 2. The number of para-hydroxylation sites is 3. The van der Waals surface area contributed by atoms with Gasteiger partial charge in [0.05, 0.1) is 11.3 Å². The molecule has 0 fully saturated rings. The minimum Gasteiger partial charge on any atom is -0.483 e. The largest absolute Gasteiger partial charge is 0.483 e. The van der Waals surface area contributed by atoms with Gasteiger partial charge in [-0.15, -0.1) is 0 Å². The maximum absolute atomic E-state index is 12.0. The summed E-state index contributed by atoms with van der Waals surface area (Å²) >= 11 is 0. The minimum atomic E-state index is -0.578. The van der Waals surface area contributed by atoms with Crippen LogP contribution in [0.4, 0.5) is 11.4 Å². The fourth-order valence-electron chi connectivity index (χ4n) is 2.26. The number of hydrogen-bond donors (Lipinski definition) is 2. The molecule has 0 unspecified atom stereocenters. The first-order chi connectivity index (χ1) is 13.4. The van der Waals surface area contributed by atoms with Gasteiger partial charge in [-0.05, 0) is 31.5 Å². The van der Waals surface area contributed by atoms with Gasteiger partial charge in [-0.1, -0.05) is 30.3 Å². The summed E-state index contributed by atoms with van der Waals surface area (Å²) < 4.78 is 5.40. The Bertz CT molecular complexity index is 911. The number of rotatable bonds is 8. The fraction of sp³-hybridized carbons (Fsp3) is 0.211. The van der Waals surface area contributed by atoms with E-state index in [0.717, 1.165) is 5.56 Å². The number of ether oxygens (including phenoxy) is 1.